The molecule has 2 atom stereocenters. The predicted octanol–water partition coefficient (Wildman–Crippen LogP) is 2.86. The molecule has 138 valence electrons. The third-order valence-corrected chi connectivity index (χ3v) is 6.37. The van der Waals surface area contributed by atoms with Gasteiger partial charge in [0.2, 0.25) is 6.10 Å². The number of alkyl halides is 4. The molecular weight excluding hydrogens is 356 g/mol. The average Bonchev–Trinajstić information content (AvgIpc) is 2.39. The topological polar surface area (TPSA) is 80.7 Å². The number of halogens is 4. The molecule has 24 heavy (non-hydrogen) atoms. The highest BCUT2D eigenvalue weighted by atomic mass is 32.2. The molecule has 0 radical (unpaired) electrons. The number of carbonyl (C=O) groups is 1. The lowest BCUT2D eigenvalue weighted by Gasteiger charge is -2.55. The van der Waals surface area contributed by atoms with Crippen LogP contribution in [0.1, 0.15) is 38.5 Å². The van der Waals surface area contributed by atoms with E-state index < -0.39 is 39.3 Å². The van der Waals surface area contributed by atoms with E-state index in [1.807, 2.05) is 0 Å². The second-order valence-electron chi connectivity index (χ2n) is 7.43. The summed E-state index contributed by atoms with van der Waals surface area (Å²) in [6.07, 6.45) is -4.97. The molecule has 0 aromatic heterocycles. The lowest BCUT2D eigenvalue weighted by atomic mass is 9.49. The minimum absolute atomic E-state index is 0.246. The Kier molecular flexibility index (Phi) is 4.14. The Morgan fingerprint density at radius 2 is 1.50 bits per heavy atom. The van der Waals surface area contributed by atoms with Crippen molar-refractivity contribution in [2.24, 2.45) is 23.2 Å². The number of esters is 1. The van der Waals surface area contributed by atoms with Gasteiger partial charge in [0.25, 0.3) is 5.50 Å². The molecular formula is C14H18F4O5S. The van der Waals surface area contributed by atoms with Crippen molar-refractivity contribution in [3.8, 4) is 0 Å². The summed E-state index contributed by atoms with van der Waals surface area (Å²) in [7, 11) is -5.65. The van der Waals surface area contributed by atoms with Crippen molar-refractivity contribution in [1.82, 2.24) is 0 Å². The SMILES string of the molecule is O=C(OC(C(F)S(=O)(=O)O)C(F)(F)F)C12CC3CC(CC(C3)C1)C2. The number of rotatable bonds is 4. The van der Waals surface area contributed by atoms with Gasteiger partial charge in [-0.2, -0.15) is 21.6 Å². The Hall–Kier alpha value is -0.900. The summed E-state index contributed by atoms with van der Waals surface area (Å²) in [6, 6.07) is 0. The predicted molar refractivity (Wildman–Crippen MR) is 73.0 cm³/mol. The first kappa shape index (κ1) is 17.9. The molecule has 0 spiro atoms. The van der Waals surface area contributed by atoms with Crippen LogP contribution in [-0.2, 0) is 19.6 Å². The van der Waals surface area contributed by atoms with Crippen LogP contribution in [-0.4, -0.2) is 36.7 Å². The second kappa shape index (κ2) is 5.55. The molecule has 4 bridgehead atoms. The second-order valence-corrected chi connectivity index (χ2v) is 8.91. The summed E-state index contributed by atoms with van der Waals surface area (Å²) in [4.78, 5) is 12.4. The molecule has 5 nitrogen and oxygen atoms in total. The first-order valence-electron chi connectivity index (χ1n) is 7.79. The van der Waals surface area contributed by atoms with E-state index in [-0.39, 0.29) is 17.8 Å². The van der Waals surface area contributed by atoms with E-state index in [2.05, 4.69) is 4.74 Å². The minimum atomic E-state index is -5.65. The van der Waals surface area contributed by atoms with Gasteiger partial charge >= 0.3 is 22.3 Å². The van der Waals surface area contributed by atoms with Crippen molar-refractivity contribution in [2.45, 2.75) is 56.3 Å². The smallest absolute Gasteiger partial charge is 0.429 e. The fourth-order valence-corrected chi connectivity index (χ4v) is 5.55. The van der Waals surface area contributed by atoms with E-state index in [4.69, 9.17) is 4.55 Å². The van der Waals surface area contributed by atoms with Crippen molar-refractivity contribution >= 4 is 16.1 Å². The third kappa shape index (κ3) is 3.14. The Bertz CT molecular complexity index is 594. The van der Waals surface area contributed by atoms with Crippen LogP contribution >= 0.6 is 0 Å². The van der Waals surface area contributed by atoms with Crippen molar-refractivity contribution in [1.29, 1.82) is 0 Å². The number of carbonyl (C=O) groups excluding carboxylic acids is 1. The molecule has 4 aliphatic carbocycles. The van der Waals surface area contributed by atoms with E-state index in [1.54, 1.807) is 0 Å². The minimum Gasteiger partial charge on any atom is -0.448 e. The Balaban J connectivity index is 1.81. The maximum Gasteiger partial charge on any atom is 0.429 e. The molecule has 4 fully saturated rings. The van der Waals surface area contributed by atoms with Gasteiger partial charge in [-0.3, -0.25) is 9.35 Å². The van der Waals surface area contributed by atoms with Gasteiger partial charge in [0.15, 0.2) is 0 Å². The van der Waals surface area contributed by atoms with Crippen molar-refractivity contribution in [3.63, 3.8) is 0 Å². The largest absolute Gasteiger partial charge is 0.448 e. The van der Waals surface area contributed by atoms with Crippen LogP contribution in [0.15, 0.2) is 0 Å². The number of ether oxygens (including phenoxy) is 1. The normalized spacial score (nSPS) is 38.0. The zero-order valence-corrected chi connectivity index (χ0v) is 13.4. The molecule has 0 aromatic carbocycles. The summed E-state index contributed by atoms with van der Waals surface area (Å²) < 4.78 is 86.7. The molecule has 0 heterocycles. The molecule has 2 unspecified atom stereocenters. The van der Waals surface area contributed by atoms with Gasteiger partial charge in [0.1, 0.15) is 0 Å². The van der Waals surface area contributed by atoms with E-state index in [9.17, 15) is 30.8 Å². The van der Waals surface area contributed by atoms with Gasteiger partial charge in [0, 0.05) is 0 Å². The average molecular weight is 374 g/mol. The highest BCUT2D eigenvalue weighted by Crippen LogP contribution is 2.60. The van der Waals surface area contributed by atoms with E-state index in [1.165, 1.54) is 0 Å². The van der Waals surface area contributed by atoms with Crippen LogP contribution in [0.2, 0.25) is 0 Å². The van der Waals surface area contributed by atoms with Crippen LogP contribution < -0.4 is 0 Å². The fraction of sp³-hybridized carbons (Fsp3) is 0.929. The highest BCUT2D eigenvalue weighted by Gasteiger charge is 2.59. The maximum atomic E-state index is 13.6. The molecule has 1 N–H and O–H groups in total. The first-order valence-corrected chi connectivity index (χ1v) is 9.29. The van der Waals surface area contributed by atoms with Crippen molar-refractivity contribution in [2.75, 3.05) is 0 Å². The van der Waals surface area contributed by atoms with Crippen LogP contribution in [0.5, 0.6) is 0 Å². The molecule has 0 aromatic rings. The molecule has 0 saturated heterocycles. The van der Waals surface area contributed by atoms with Crippen LogP contribution in [0.4, 0.5) is 17.6 Å². The Labute approximate surface area is 136 Å². The number of hydrogen-bond donors (Lipinski definition) is 1. The summed E-state index contributed by atoms with van der Waals surface area (Å²) in [6.45, 7) is 0. The summed E-state index contributed by atoms with van der Waals surface area (Å²) in [5.41, 5.74) is -4.84. The van der Waals surface area contributed by atoms with Crippen LogP contribution in [0.25, 0.3) is 0 Å². The van der Waals surface area contributed by atoms with Gasteiger partial charge in [0.05, 0.1) is 5.41 Å². The van der Waals surface area contributed by atoms with Crippen LogP contribution in [0, 0.1) is 23.2 Å². The molecule has 10 heteroatoms. The zero-order valence-electron chi connectivity index (χ0n) is 12.6. The summed E-state index contributed by atoms with van der Waals surface area (Å²) >= 11 is 0. The monoisotopic (exact) mass is 374 g/mol. The molecule has 4 rings (SSSR count). The molecule has 0 amide bonds. The lowest BCUT2D eigenvalue weighted by Crippen LogP contribution is -2.53. The standard InChI is InChI=1S/C14H18F4O5S/c15-11(24(20,21)22)10(14(16,17)18)23-12(19)13-4-7-1-8(5-13)3-9(2-7)6-13/h7-11H,1-6H2,(H,20,21,22). The zero-order chi connectivity index (χ0) is 17.9. The van der Waals surface area contributed by atoms with Crippen molar-refractivity contribution < 1.29 is 40.1 Å². The van der Waals surface area contributed by atoms with E-state index in [0.29, 0.717) is 19.3 Å². The van der Waals surface area contributed by atoms with Crippen molar-refractivity contribution in [3.05, 3.63) is 0 Å². The maximum absolute atomic E-state index is 13.6. The fourth-order valence-electron chi connectivity index (χ4n) is 5.03. The van der Waals surface area contributed by atoms with Gasteiger partial charge in [-0.25, -0.2) is 4.39 Å². The quantitative estimate of drug-likeness (QED) is 0.465. The third-order valence-electron chi connectivity index (χ3n) is 5.55. The Morgan fingerprint density at radius 3 is 1.83 bits per heavy atom. The van der Waals surface area contributed by atoms with Gasteiger partial charge < -0.3 is 4.74 Å². The number of hydrogen-bond acceptors (Lipinski definition) is 4. The lowest BCUT2D eigenvalue weighted by molar-refractivity contribution is -0.238. The van der Waals surface area contributed by atoms with Gasteiger partial charge in [-0.15, -0.1) is 0 Å². The van der Waals surface area contributed by atoms with Gasteiger partial charge in [-0.05, 0) is 56.3 Å². The van der Waals surface area contributed by atoms with E-state index >= 15 is 0 Å². The van der Waals surface area contributed by atoms with E-state index in [0.717, 1.165) is 19.3 Å². The van der Waals surface area contributed by atoms with Gasteiger partial charge in [-0.1, -0.05) is 0 Å². The first-order chi connectivity index (χ1) is 10.9. The summed E-state index contributed by atoms with van der Waals surface area (Å²) in [5.74, 6) is -0.460. The Morgan fingerprint density at radius 1 is 1.08 bits per heavy atom. The van der Waals surface area contributed by atoms with Crippen LogP contribution in [0.3, 0.4) is 0 Å². The highest BCUT2D eigenvalue weighted by molar-refractivity contribution is 7.86. The molecule has 4 saturated carbocycles. The molecule has 0 aliphatic heterocycles. The summed E-state index contributed by atoms with van der Waals surface area (Å²) in [5, 5.41) is 0. The molecule has 4 aliphatic rings.